The molecule has 2 aliphatic rings. The third kappa shape index (κ3) is 5.30. The highest BCUT2D eigenvalue weighted by atomic mass is 32.2. The van der Waals surface area contributed by atoms with Gasteiger partial charge < -0.3 is 21.0 Å². The number of carbonyl (C=O) groups is 3. The Kier molecular flexibility index (Phi) is 7.77. The molecule has 14 heteroatoms. The van der Waals surface area contributed by atoms with E-state index < -0.39 is 29.9 Å². The lowest BCUT2D eigenvalue weighted by atomic mass is 9.94. The molecule has 5 rings (SSSR count). The Bertz CT molecular complexity index is 1570. The highest BCUT2D eigenvalue weighted by Crippen LogP contribution is 2.39. The van der Waals surface area contributed by atoms with Crippen LogP contribution in [0.3, 0.4) is 0 Å². The van der Waals surface area contributed by atoms with Gasteiger partial charge in [-0.2, -0.15) is 4.57 Å². The van der Waals surface area contributed by atoms with Gasteiger partial charge in [-0.15, -0.1) is 23.1 Å². The van der Waals surface area contributed by atoms with Crippen molar-refractivity contribution in [1.82, 2.24) is 15.2 Å². The molecule has 39 heavy (non-hydrogen) atoms. The van der Waals surface area contributed by atoms with E-state index in [-0.39, 0.29) is 22.2 Å². The lowest BCUT2D eigenvalue weighted by Gasteiger charge is -2.49. The second kappa shape index (κ2) is 11.4. The lowest BCUT2D eigenvalue weighted by Crippen LogP contribution is -2.73. The van der Waals surface area contributed by atoms with E-state index in [2.05, 4.69) is 20.0 Å². The van der Waals surface area contributed by atoms with Crippen LogP contribution >= 0.6 is 34.4 Å². The van der Waals surface area contributed by atoms with Crippen LogP contribution in [0, 0.1) is 0 Å². The van der Waals surface area contributed by atoms with Crippen molar-refractivity contribution in [1.29, 1.82) is 0 Å². The monoisotopic (exact) mass is 583 g/mol. The van der Waals surface area contributed by atoms with Crippen LogP contribution < -0.4 is 15.6 Å². The number of aliphatic carboxylic acids is 1. The fourth-order valence-corrected chi connectivity index (χ4v) is 6.85. The number of hydrogen-bond donors (Lipinski definition) is 3. The number of carboxylic acids is 1. The number of nitrogen functional groups attached to an aromatic ring is 1. The predicted molar refractivity (Wildman–Crippen MR) is 150 cm³/mol. The van der Waals surface area contributed by atoms with Crippen molar-refractivity contribution in [3.63, 3.8) is 0 Å². The average Bonchev–Trinajstić information content (AvgIpc) is 3.58. The number of thiophene rings is 1. The maximum absolute atomic E-state index is 13.1. The van der Waals surface area contributed by atoms with E-state index in [0.29, 0.717) is 17.2 Å². The second-order valence-corrected chi connectivity index (χ2v) is 11.2. The van der Waals surface area contributed by atoms with Crippen LogP contribution in [0.15, 0.2) is 75.4 Å². The molecule has 200 valence electrons. The van der Waals surface area contributed by atoms with E-state index in [4.69, 9.17) is 10.6 Å². The molecular weight excluding hydrogens is 561 g/mol. The first kappa shape index (κ1) is 26.6. The van der Waals surface area contributed by atoms with Crippen LogP contribution in [-0.2, 0) is 25.8 Å². The molecule has 5 heterocycles. The van der Waals surface area contributed by atoms with Gasteiger partial charge in [-0.3, -0.25) is 14.5 Å². The summed E-state index contributed by atoms with van der Waals surface area (Å²) in [6.45, 7) is 2.27. The molecule has 2 atom stereocenters. The van der Waals surface area contributed by atoms with Crippen LogP contribution in [-0.4, -0.2) is 56.3 Å². The predicted octanol–water partition coefficient (Wildman–Crippen LogP) is 2.48. The van der Waals surface area contributed by atoms with Crippen molar-refractivity contribution < 1.29 is 28.9 Å². The van der Waals surface area contributed by atoms with Gasteiger partial charge in [0.05, 0.1) is 11.4 Å². The number of aromatic nitrogens is 2. The number of thioether (sulfide) groups is 1. The van der Waals surface area contributed by atoms with Gasteiger partial charge in [0.2, 0.25) is 0 Å². The first-order valence-corrected chi connectivity index (χ1v) is 14.5. The van der Waals surface area contributed by atoms with Gasteiger partial charge in [-0.05, 0) is 42.7 Å². The minimum absolute atomic E-state index is 0.0973. The quantitative estimate of drug-likeness (QED) is 0.114. The fraction of sp³-hybridized carbons (Fsp3) is 0.200. The number of oxime groups is 1. The van der Waals surface area contributed by atoms with E-state index in [1.54, 1.807) is 35.8 Å². The molecule has 0 aromatic carbocycles. The number of carbonyl (C=O) groups excluding carboxylic acids is 2. The van der Waals surface area contributed by atoms with Gasteiger partial charge in [-0.25, -0.2) is 9.78 Å². The molecule has 1 fully saturated rings. The zero-order valence-electron chi connectivity index (χ0n) is 20.5. The highest BCUT2D eigenvalue weighted by molar-refractivity contribution is 8.03. The van der Waals surface area contributed by atoms with Gasteiger partial charge in [0.15, 0.2) is 23.6 Å². The number of fused-ring (bicyclic) bond motifs is 2. The third-order valence-corrected chi connectivity index (χ3v) is 8.75. The molecule has 2 amide bonds. The number of nitrogens with zero attached hydrogens (tertiary/aromatic N) is 4. The molecule has 0 saturated carbocycles. The molecule has 0 unspecified atom stereocenters. The molecule has 0 radical (unpaired) electrons. The van der Waals surface area contributed by atoms with Crippen molar-refractivity contribution in [2.75, 3.05) is 11.5 Å². The molecule has 2 aliphatic heterocycles. The molecule has 11 nitrogen and oxygen atoms in total. The largest absolute Gasteiger partial charge is 0.477 e. The summed E-state index contributed by atoms with van der Waals surface area (Å²) in [5.74, 6) is -2.00. The smallest absolute Gasteiger partial charge is 0.353 e. The number of nitrogens with two attached hydrogens (primary N) is 1. The zero-order valence-corrected chi connectivity index (χ0v) is 23.0. The Balaban J connectivity index is 1.32. The van der Waals surface area contributed by atoms with Crippen LogP contribution in [0.4, 0.5) is 5.13 Å². The van der Waals surface area contributed by atoms with Crippen LogP contribution in [0.25, 0.3) is 10.2 Å². The summed E-state index contributed by atoms with van der Waals surface area (Å²) in [6, 6.07) is 4.60. The first-order chi connectivity index (χ1) is 18.9. The first-order valence-electron chi connectivity index (χ1n) is 11.7. The standard InChI is InChI=1S/C25H22N6O5S3/c1-2-10-36-29-18(15-12-39-25(26)27-15)21(32)28-19-16-13-38-17(20(24(34)35)31(16)22(19)33)6-4-9-30-8-3-5-14-7-11-37-23(14)30/h2-8,10-12,16,19H,9,13H2,1H3,(H3-,26,27,28,32,34,35)/p+1/t16-,19+/m1/s1. The number of thiazole rings is 1. The highest BCUT2D eigenvalue weighted by Gasteiger charge is 2.54. The molecular formula is C25H23N6O5S3+. The van der Waals surface area contributed by atoms with E-state index in [1.807, 2.05) is 35.9 Å². The molecule has 0 aliphatic carbocycles. The minimum atomic E-state index is -1.21. The van der Waals surface area contributed by atoms with E-state index >= 15 is 0 Å². The number of nitrogens with one attached hydrogen (secondary N) is 1. The Morgan fingerprint density at radius 2 is 2.23 bits per heavy atom. The SMILES string of the molecule is CC=CON=C(C(=O)N[C@@H]1C(=O)N2C(C(=O)O)=C(C=CC[n+]3cccc4ccsc43)SC[C@H]12)c1csc(N)n1. The lowest BCUT2D eigenvalue weighted by molar-refractivity contribution is -0.658. The summed E-state index contributed by atoms with van der Waals surface area (Å²) in [6.07, 6.45) is 8.46. The summed E-state index contributed by atoms with van der Waals surface area (Å²) < 4.78 is 2.07. The summed E-state index contributed by atoms with van der Waals surface area (Å²) >= 11 is 4.09. The number of β-lactam (4-membered cyclic amide) rings is 1. The molecule has 4 N–H and O–H groups in total. The number of carboxylic acid groups (broad SMARTS) is 1. The van der Waals surface area contributed by atoms with Gasteiger partial charge >= 0.3 is 5.97 Å². The van der Waals surface area contributed by atoms with Crippen LogP contribution in [0.5, 0.6) is 0 Å². The zero-order chi connectivity index (χ0) is 27.5. The summed E-state index contributed by atoms with van der Waals surface area (Å²) in [4.78, 5) is 50.3. The molecule has 1 saturated heterocycles. The van der Waals surface area contributed by atoms with Gasteiger partial charge in [0, 0.05) is 22.1 Å². The summed E-state index contributed by atoms with van der Waals surface area (Å²) in [7, 11) is 0. The fourth-order valence-electron chi connectivity index (χ4n) is 4.21. The van der Waals surface area contributed by atoms with Crippen LogP contribution in [0.1, 0.15) is 12.6 Å². The molecule has 0 spiro atoms. The molecule has 3 aromatic rings. The topological polar surface area (TPSA) is 151 Å². The number of rotatable bonds is 9. The van der Waals surface area contributed by atoms with E-state index in [1.165, 1.54) is 22.9 Å². The number of hydrogen-bond acceptors (Lipinski definition) is 10. The Hall–Kier alpha value is -4.01. The molecule has 0 bridgehead atoms. The number of amides is 2. The van der Waals surface area contributed by atoms with Gasteiger partial charge in [-0.1, -0.05) is 16.5 Å². The second-order valence-electron chi connectivity index (χ2n) is 8.39. The molecule has 3 aromatic heterocycles. The van der Waals surface area contributed by atoms with Crippen molar-refractivity contribution in [3.05, 3.63) is 75.9 Å². The number of pyridine rings is 1. The van der Waals surface area contributed by atoms with E-state index in [9.17, 15) is 19.5 Å². The van der Waals surface area contributed by atoms with E-state index in [0.717, 1.165) is 21.6 Å². The number of allylic oxidation sites excluding steroid dienone is 3. The Morgan fingerprint density at radius 3 is 2.97 bits per heavy atom. The van der Waals surface area contributed by atoms with Gasteiger partial charge in [0.25, 0.3) is 16.6 Å². The summed E-state index contributed by atoms with van der Waals surface area (Å²) in [5, 5.41) is 21.4. The van der Waals surface area contributed by atoms with Crippen molar-refractivity contribution in [2.24, 2.45) is 5.16 Å². The summed E-state index contributed by atoms with van der Waals surface area (Å²) in [5.41, 5.74) is 5.66. The minimum Gasteiger partial charge on any atom is -0.477 e. The third-order valence-electron chi connectivity index (χ3n) is 5.96. The van der Waals surface area contributed by atoms with Crippen molar-refractivity contribution in [2.45, 2.75) is 25.6 Å². The Morgan fingerprint density at radius 1 is 1.38 bits per heavy atom. The number of anilines is 1. The average molecular weight is 584 g/mol. The normalized spacial score (nSPS) is 19.6. The maximum Gasteiger partial charge on any atom is 0.353 e. The Labute approximate surface area is 235 Å². The van der Waals surface area contributed by atoms with Crippen molar-refractivity contribution >= 4 is 73.3 Å². The maximum atomic E-state index is 13.1. The van der Waals surface area contributed by atoms with Gasteiger partial charge in [0.1, 0.15) is 23.7 Å². The van der Waals surface area contributed by atoms with Crippen LogP contribution in [0.2, 0.25) is 0 Å². The van der Waals surface area contributed by atoms with Crippen molar-refractivity contribution in [3.8, 4) is 0 Å².